The molecule has 7 heteroatoms. The fraction of sp³-hybridized carbons (Fsp3) is 0.538. The van der Waals surface area contributed by atoms with Gasteiger partial charge in [-0.25, -0.2) is 0 Å². The van der Waals surface area contributed by atoms with Crippen molar-refractivity contribution in [1.82, 2.24) is 9.80 Å². The molecule has 0 unspecified atom stereocenters. The van der Waals surface area contributed by atoms with E-state index in [2.05, 4.69) is 18.4 Å². The van der Waals surface area contributed by atoms with E-state index in [-0.39, 0.29) is 31.1 Å². The summed E-state index contributed by atoms with van der Waals surface area (Å²) in [7, 11) is 0. The number of hydrogen-bond donors (Lipinski definition) is 0. The van der Waals surface area contributed by atoms with Crippen LogP contribution in [0.5, 0.6) is 11.5 Å². The van der Waals surface area contributed by atoms with Gasteiger partial charge in [0.2, 0.25) is 18.6 Å². The van der Waals surface area contributed by atoms with Crippen LogP contribution in [0.15, 0.2) is 29.6 Å². The van der Waals surface area contributed by atoms with Gasteiger partial charge in [0.05, 0.1) is 13.1 Å². The Bertz CT molecular complexity index is 1010. The summed E-state index contributed by atoms with van der Waals surface area (Å²) < 4.78 is 11.0. The van der Waals surface area contributed by atoms with Crippen molar-refractivity contribution in [3.63, 3.8) is 0 Å². The van der Waals surface area contributed by atoms with Gasteiger partial charge >= 0.3 is 0 Å². The van der Waals surface area contributed by atoms with E-state index in [1.807, 2.05) is 28.0 Å². The zero-order chi connectivity index (χ0) is 22.8. The summed E-state index contributed by atoms with van der Waals surface area (Å²) in [6.07, 6.45) is 6.49. The van der Waals surface area contributed by atoms with Crippen LogP contribution in [-0.4, -0.2) is 41.5 Å². The van der Waals surface area contributed by atoms with Crippen LogP contribution < -0.4 is 9.47 Å². The Morgan fingerprint density at radius 2 is 1.79 bits per heavy atom. The van der Waals surface area contributed by atoms with Gasteiger partial charge in [-0.1, -0.05) is 18.9 Å². The highest BCUT2D eigenvalue weighted by Crippen LogP contribution is 2.34. The Morgan fingerprint density at radius 1 is 1.00 bits per heavy atom. The third kappa shape index (κ3) is 5.35. The number of carbonyl (C=O) groups excluding carboxylic acids is 2. The van der Waals surface area contributed by atoms with Gasteiger partial charge in [-0.15, -0.1) is 11.3 Å². The summed E-state index contributed by atoms with van der Waals surface area (Å²) >= 11 is 1.67. The minimum absolute atomic E-state index is 0.00691. The second kappa shape index (κ2) is 9.75. The molecule has 0 bridgehead atoms. The number of ether oxygens (including phenoxy) is 2. The molecule has 2 amide bonds. The molecule has 2 aromatic rings. The van der Waals surface area contributed by atoms with Crippen LogP contribution in [0.25, 0.3) is 0 Å². The largest absolute Gasteiger partial charge is 0.454 e. The van der Waals surface area contributed by atoms with E-state index < -0.39 is 0 Å². The van der Waals surface area contributed by atoms with Gasteiger partial charge in [0, 0.05) is 23.9 Å². The first kappa shape index (κ1) is 22.3. The maximum absolute atomic E-state index is 13.6. The fourth-order valence-electron chi connectivity index (χ4n) is 4.77. The molecule has 2 aliphatic carbocycles. The normalized spacial score (nSPS) is 17.4. The lowest BCUT2D eigenvalue weighted by Crippen LogP contribution is -2.45. The topological polar surface area (TPSA) is 59.1 Å². The van der Waals surface area contributed by atoms with Crippen molar-refractivity contribution in [2.24, 2.45) is 11.8 Å². The van der Waals surface area contributed by atoms with Crippen LogP contribution in [0.2, 0.25) is 0 Å². The highest BCUT2D eigenvalue weighted by Gasteiger charge is 2.33. The van der Waals surface area contributed by atoms with E-state index in [1.165, 1.54) is 10.4 Å². The van der Waals surface area contributed by atoms with Crippen LogP contribution in [0.3, 0.4) is 0 Å². The van der Waals surface area contributed by atoms with E-state index in [9.17, 15) is 9.59 Å². The van der Waals surface area contributed by atoms with Gasteiger partial charge < -0.3 is 19.3 Å². The van der Waals surface area contributed by atoms with Crippen molar-refractivity contribution < 1.29 is 19.1 Å². The smallest absolute Gasteiger partial charge is 0.242 e. The minimum Gasteiger partial charge on any atom is -0.454 e. The number of benzene rings is 1. The fourth-order valence-corrected chi connectivity index (χ4v) is 5.69. The molecule has 2 fully saturated rings. The van der Waals surface area contributed by atoms with Crippen molar-refractivity contribution in [2.45, 2.75) is 58.5 Å². The number of aryl methyl sites for hydroxylation is 1. The molecule has 0 N–H and O–H groups in total. The lowest BCUT2D eigenvalue weighted by atomic mass is 10.1. The lowest BCUT2D eigenvalue weighted by molar-refractivity contribution is -0.143. The molecule has 3 aliphatic rings. The Hall–Kier alpha value is -2.54. The van der Waals surface area contributed by atoms with Crippen molar-refractivity contribution in [2.75, 3.05) is 19.9 Å². The molecule has 6 nitrogen and oxygen atoms in total. The molecule has 2 saturated carbocycles. The summed E-state index contributed by atoms with van der Waals surface area (Å²) in [5, 5.41) is 2.07. The average molecular weight is 469 g/mol. The summed E-state index contributed by atoms with van der Waals surface area (Å²) in [5.74, 6) is 2.31. The van der Waals surface area contributed by atoms with E-state index in [0.717, 1.165) is 62.1 Å². The third-order valence-electron chi connectivity index (χ3n) is 6.98. The number of thiophene rings is 1. The van der Waals surface area contributed by atoms with E-state index in [4.69, 9.17) is 9.47 Å². The van der Waals surface area contributed by atoms with E-state index in [0.29, 0.717) is 19.0 Å². The summed E-state index contributed by atoms with van der Waals surface area (Å²) in [4.78, 5) is 31.8. The highest BCUT2D eigenvalue weighted by molar-refractivity contribution is 7.10. The summed E-state index contributed by atoms with van der Waals surface area (Å²) in [5.41, 5.74) is 2.19. The number of amides is 2. The van der Waals surface area contributed by atoms with Gasteiger partial charge in [0.1, 0.15) is 0 Å². The molecule has 1 aliphatic heterocycles. The predicted molar refractivity (Wildman–Crippen MR) is 127 cm³/mol. The first-order chi connectivity index (χ1) is 16.1. The molecular formula is C26H32N2O4S. The molecule has 0 atom stereocenters. The Kier molecular flexibility index (Phi) is 6.58. The van der Waals surface area contributed by atoms with Gasteiger partial charge in [0.15, 0.2) is 11.5 Å². The van der Waals surface area contributed by atoms with Crippen LogP contribution in [0, 0.1) is 18.8 Å². The minimum atomic E-state index is 0.00691. The molecule has 176 valence electrons. The van der Waals surface area contributed by atoms with E-state index >= 15 is 0 Å². The van der Waals surface area contributed by atoms with Gasteiger partial charge in [-0.3, -0.25) is 9.59 Å². The molecule has 2 heterocycles. The number of carbonyl (C=O) groups is 2. The number of rotatable bonds is 9. The first-order valence-electron chi connectivity index (χ1n) is 12.0. The molecule has 0 spiro atoms. The number of hydrogen-bond acceptors (Lipinski definition) is 5. The lowest BCUT2D eigenvalue weighted by Gasteiger charge is -2.29. The Morgan fingerprint density at radius 3 is 2.52 bits per heavy atom. The molecular weight excluding hydrogens is 436 g/mol. The molecule has 5 rings (SSSR count). The molecule has 1 aromatic carbocycles. The van der Waals surface area contributed by atoms with Gasteiger partial charge in [-0.05, 0) is 73.2 Å². The summed E-state index contributed by atoms with van der Waals surface area (Å²) in [6.45, 7) is 4.22. The van der Waals surface area contributed by atoms with Crippen molar-refractivity contribution in [3.05, 3.63) is 45.6 Å². The Labute approximate surface area is 199 Å². The zero-order valence-electron chi connectivity index (χ0n) is 19.3. The Balaban J connectivity index is 1.34. The monoisotopic (exact) mass is 468 g/mol. The SMILES string of the molecule is Cc1ccsc1CN(Cc1ccc2c(c1)OCO2)C(=O)CN(CC1CC1)C(=O)C1CCCC1. The number of nitrogens with zero attached hydrogens (tertiary/aromatic N) is 2. The molecule has 0 radical (unpaired) electrons. The summed E-state index contributed by atoms with van der Waals surface area (Å²) in [6, 6.07) is 7.93. The van der Waals surface area contributed by atoms with E-state index in [1.54, 1.807) is 11.3 Å². The molecule has 0 saturated heterocycles. The molecule has 1 aromatic heterocycles. The second-order valence-corrected chi connectivity index (χ2v) is 10.6. The van der Waals surface area contributed by atoms with Crippen molar-refractivity contribution >= 4 is 23.2 Å². The average Bonchev–Trinajstić information content (AvgIpc) is 3.20. The number of fused-ring (bicyclic) bond motifs is 1. The van der Waals surface area contributed by atoms with Crippen LogP contribution >= 0.6 is 11.3 Å². The predicted octanol–water partition coefficient (Wildman–Crippen LogP) is 4.74. The maximum Gasteiger partial charge on any atom is 0.242 e. The van der Waals surface area contributed by atoms with Crippen LogP contribution in [0.4, 0.5) is 0 Å². The molecule has 33 heavy (non-hydrogen) atoms. The van der Waals surface area contributed by atoms with Crippen LogP contribution in [0.1, 0.15) is 54.5 Å². The second-order valence-electron chi connectivity index (χ2n) is 9.61. The maximum atomic E-state index is 13.6. The third-order valence-corrected chi connectivity index (χ3v) is 7.99. The van der Waals surface area contributed by atoms with Gasteiger partial charge in [-0.2, -0.15) is 0 Å². The zero-order valence-corrected chi connectivity index (χ0v) is 20.1. The quantitative estimate of drug-likeness (QED) is 0.533. The van der Waals surface area contributed by atoms with Crippen molar-refractivity contribution in [3.8, 4) is 11.5 Å². The first-order valence-corrected chi connectivity index (χ1v) is 12.9. The standard InChI is InChI=1S/C26H32N2O4S/c1-18-10-11-33-24(18)15-27(14-20-8-9-22-23(12-20)32-17-31-22)25(29)16-28(13-19-6-7-19)26(30)21-4-2-3-5-21/h8-12,19,21H,2-7,13-17H2,1H3. The van der Waals surface area contributed by atoms with Crippen LogP contribution in [-0.2, 0) is 22.7 Å². The highest BCUT2D eigenvalue weighted by atomic mass is 32.1. The van der Waals surface area contributed by atoms with Gasteiger partial charge in [0.25, 0.3) is 0 Å². The van der Waals surface area contributed by atoms with Crippen molar-refractivity contribution in [1.29, 1.82) is 0 Å².